The third-order valence-corrected chi connectivity index (χ3v) is 3.75. The molecule has 0 aliphatic carbocycles. The Morgan fingerprint density at radius 1 is 0.941 bits per heavy atom. The van der Waals surface area contributed by atoms with Gasteiger partial charge in [0.15, 0.2) is 0 Å². The quantitative estimate of drug-likeness (QED) is 0.662. The van der Waals surface area contributed by atoms with E-state index in [1.54, 1.807) is 0 Å². The van der Waals surface area contributed by atoms with Crippen molar-refractivity contribution < 1.29 is 4.79 Å². The summed E-state index contributed by atoms with van der Waals surface area (Å²) in [5.74, 6) is 0. The van der Waals surface area contributed by atoms with Crippen LogP contribution < -0.4 is 0 Å². The Kier molecular flexibility index (Phi) is 3.89. The fourth-order valence-corrected chi connectivity index (χ4v) is 2.51. The zero-order chi connectivity index (χ0) is 12.4. The molecule has 2 fully saturated rings. The van der Waals surface area contributed by atoms with E-state index in [1.807, 2.05) is 9.80 Å². The predicted octanol–water partition coefficient (Wildman–Crippen LogP) is 0.337. The van der Waals surface area contributed by atoms with Crippen molar-refractivity contribution in [2.24, 2.45) is 0 Å². The van der Waals surface area contributed by atoms with Crippen LogP contribution in [-0.4, -0.2) is 84.7 Å². The number of hydrogen-bond donors (Lipinski definition) is 0. The molecule has 0 saturated carbocycles. The van der Waals surface area contributed by atoms with E-state index < -0.39 is 0 Å². The molecule has 0 radical (unpaired) electrons. The van der Waals surface area contributed by atoms with Crippen LogP contribution in [0, 0.1) is 0 Å². The second-order valence-corrected chi connectivity index (χ2v) is 5.38. The van der Waals surface area contributed by atoms with Gasteiger partial charge in [0.1, 0.15) is 0 Å². The summed E-state index contributed by atoms with van der Waals surface area (Å²) in [4.78, 5) is 20.8. The Bertz CT molecular complexity index is 274. The lowest BCUT2D eigenvalue weighted by atomic mass is 10.2. The third kappa shape index (κ3) is 2.90. The van der Waals surface area contributed by atoms with Crippen LogP contribution in [0.4, 0.5) is 4.79 Å². The normalized spacial score (nSPS) is 23.8. The molecule has 0 aromatic heterocycles. The Labute approximate surface area is 104 Å². The summed E-state index contributed by atoms with van der Waals surface area (Å²) in [5, 5.41) is 0. The van der Waals surface area contributed by atoms with Crippen molar-refractivity contribution in [3.05, 3.63) is 0 Å². The summed E-state index contributed by atoms with van der Waals surface area (Å²) >= 11 is 0. The minimum atomic E-state index is 0.220. The minimum absolute atomic E-state index is 0.220. The number of piperazine rings is 1. The van der Waals surface area contributed by atoms with E-state index >= 15 is 0 Å². The van der Waals surface area contributed by atoms with Gasteiger partial charge >= 0.3 is 6.03 Å². The van der Waals surface area contributed by atoms with E-state index in [9.17, 15) is 4.79 Å². The number of carbonyl (C=O) groups is 1. The van der Waals surface area contributed by atoms with Gasteiger partial charge in [-0.2, -0.15) is 0 Å². The largest absolute Gasteiger partial charge is 0.322 e. The summed E-state index contributed by atoms with van der Waals surface area (Å²) in [7, 11) is 2.06. The summed E-state index contributed by atoms with van der Waals surface area (Å²) in [5.41, 5.74) is 0. The Morgan fingerprint density at radius 2 is 1.53 bits per heavy atom. The molecule has 2 heterocycles. The zero-order valence-electron chi connectivity index (χ0n) is 11.2. The highest BCUT2D eigenvalue weighted by atomic mass is 16.2. The molecule has 2 aliphatic heterocycles. The van der Waals surface area contributed by atoms with Crippen LogP contribution in [-0.2, 0) is 0 Å². The van der Waals surface area contributed by atoms with Crippen LogP contribution in [0.3, 0.4) is 0 Å². The Hall–Kier alpha value is -0.810. The van der Waals surface area contributed by atoms with E-state index in [2.05, 4.69) is 30.7 Å². The molecule has 5 heteroatoms. The van der Waals surface area contributed by atoms with E-state index in [-0.39, 0.29) is 6.03 Å². The standard InChI is InChI=1S/C12H24N4O/c1-11(2)14-6-8-15(9-7-14)12(17)16-5-4-13(3)10-16/h11H,4-10H2,1-3H3. The van der Waals surface area contributed by atoms with Gasteiger partial charge in [0.25, 0.3) is 0 Å². The highest BCUT2D eigenvalue weighted by Crippen LogP contribution is 2.11. The van der Waals surface area contributed by atoms with Gasteiger partial charge in [0, 0.05) is 45.3 Å². The van der Waals surface area contributed by atoms with Gasteiger partial charge in [-0.15, -0.1) is 0 Å². The first-order valence-corrected chi connectivity index (χ1v) is 6.54. The van der Waals surface area contributed by atoms with Crippen LogP contribution in [0.2, 0.25) is 0 Å². The van der Waals surface area contributed by atoms with Gasteiger partial charge in [-0.3, -0.25) is 9.80 Å². The molecule has 2 amide bonds. The summed E-state index contributed by atoms with van der Waals surface area (Å²) in [6.45, 7) is 10.8. The molecule has 0 aromatic rings. The zero-order valence-corrected chi connectivity index (χ0v) is 11.2. The van der Waals surface area contributed by atoms with E-state index in [4.69, 9.17) is 0 Å². The number of carbonyl (C=O) groups excluding carboxylic acids is 1. The van der Waals surface area contributed by atoms with Crippen molar-refractivity contribution >= 4 is 6.03 Å². The molecule has 0 unspecified atom stereocenters. The fourth-order valence-electron chi connectivity index (χ4n) is 2.51. The third-order valence-electron chi connectivity index (χ3n) is 3.75. The predicted molar refractivity (Wildman–Crippen MR) is 67.9 cm³/mol. The lowest BCUT2D eigenvalue weighted by Gasteiger charge is -2.38. The van der Waals surface area contributed by atoms with E-state index in [0.29, 0.717) is 6.04 Å². The monoisotopic (exact) mass is 240 g/mol. The number of rotatable bonds is 1. The number of amides is 2. The number of nitrogens with zero attached hydrogens (tertiary/aromatic N) is 4. The van der Waals surface area contributed by atoms with Crippen LogP contribution in [0.1, 0.15) is 13.8 Å². The molecule has 0 bridgehead atoms. The van der Waals surface area contributed by atoms with Gasteiger partial charge in [0.2, 0.25) is 0 Å². The molecule has 0 spiro atoms. The molecule has 2 aliphatic rings. The number of urea groups is 1. The van der Waals surface area contributed by atoms with Crippen LogP contribution in [0.5, 0.6) is 0 Å². The molecular formula is C12H24N4O. The van der Waals surface area contributed by atoms with E-state index in [1.165, 1.54) is 0 Å². The Balaban J connectivity index is 1.82. The van der Waals surface area contributed by atoms with Crippen LogP contribution in [0.25, 0.3) is 0 Å². The average molecular weight is 240 g/mol. The highest BCUT2D eigenvalue weighted by molar-refractivity contribution is 5.74. The van der Waals surface area contributed by atoms with Crippen molar-refractivity contribution in [3.63, 3.8) is 0 Å². The fraction of sp³-hybridized carbons (Fsp3) is 0.917. The topological polar surface area (TPSA) is 30.0 Å². The SMILES string of the molecule is CC(C)N1CCN(C(=O)N2CCN(C)C2)CC1. The van der Waals surface area contributed by atoms with Crippen molar-refractivity contribution in [3.8, 4) is 0 Å². The first kappa shape index (κ1) is 12.6. The summed E-state index contributed by atoms with van der Waals surface area (Å²) in [6.07, 6.45) is 0. The van der Waals surface area contributed by atoms with Crippen LogP contribution in [0.15, 0.2) is 0 Å². The van der Waals surface area contributed by atoms with Gasteiger partial charge in [-0.05, 0) is 20.9 Å². The minimum Gasteiger partial charge on any atom is -0.322 e. The van der Waals surface area contributed by atoms with Crippen molar-refractivity contribution in [1.82, 2.24) is 19.6 Å². The van der Waals surface area contributed by atoms with Crippen molar-refractivity contribution in [2.75, 3.05) is 53.0 Å². The van der Waals surface area contributed by atoms with E-state index in [0.717, 1.165) is 45.9 Å². The second-order valence-electron chi connectivity index (χ2n) is 5.38. The van der Waals surface area contributed by atoms with Gasteiger partial charge in [0.05, 0.1) is 6.67 Å². The first-order chi connectivity index (χ1) is 8.08. The number of hydrogen-bond acceptors (Lipinski definition) is 3. The maximum Gasteiger partial charge on any atom is 0.321 e. The molecular weight excluding hydrogens is 216 g/mol. The molecule has 2 rings (SSSR count). The number of likely N-dealkylation sites (N-methyl/N-ethyl adjacent to an activating group) is 1. The molecule has 98 valence electrons. The second kappa shape index (κ2) is 5.23. The van der Waals surface area contributed by atoms with Gasteiger partial charge < -0.3 is 9.80 Å². The average Bonchev–Trinajstić information content (AvgIpc) is 2.75. The highest BCUT2D eigenvalue weighted by Gasteiger charge is 2.28. The molecule has 5 nitrogen and oxygen atoms in total. The molecule has 0 N–H and O–H groups in total. The molecule has 2 saturated heterocycles. The molecule has 0 aromatic carbocycles. The lowest BCUT2D eigenvalue weighted by Crippen LogP contribution is -2.53. The summed E-state index contributed by atoms with van der Waals surface area (Å²) in [6, 6.07) is 0.808. The van der Waals surface area contributed by atoms with Crippen molar-refractivity contribution in [1.29, 1.82) is 0 Å². The molecule has 17 heavy (non-hydrogen) atoms. The molecule has 0 atom stereocenters. The Morgan fingerprint density at radius 3 is 2.00 bits per heavy atom. The van der Waals surface area contributed by atoms with Gasteiger partial charge in [-0.1, -0.05) is 0 Å². The van der Waals surface area contributed by atoms with Gasteiger partial charge in [-0.25, -0.2) is 4.79 Å². The lowest BCUT2D eigenvalue weighted by molar-refractivity contribution is 0.101. The maximum atomic E-state index is 12.2. The smallest absolute Gasteiger partial charge is 0.321 e. The maximum absolute atomic E-state index is 12.2. The van der Waals surface area contributed by atoms with Crippen LogP contribution >= 0.6 is 0 Å². The summed E-state index contributed by atoms with van der Waals surface area (Å²) < 4.78 is 0. The van der Waals surface area contributed by atoms with Crippen molar-refractivity contribution in [2.45, 2.75) is 19.9 Å². The first-order valence-electron chi connectivity index (χ1n) is 6.54.